The van der Waals surface area contributed by atoms with E-state index in [2.05, 4.69) is 15.3 Å². The summed E-state index contributed by atoms with van der Waals surface area (Å²) in [7, 11) is 0. The molecule has 2 aromatic carbocycles. The second-order valence-corrected chi connectivity index (χ2v) is 8.18. The third-order valence-electron chi connectivity index (χ3n) is 4.52. The number of fused-ring (bicyclic) bond motifs is 1. The Labute approximate surface area is 175 Å². The van der Waals surface area contributed by atoms with E-state index in [1.807, 2.05) is 36.4 Å². The molecule has 0 bridgehead atoms. The zero-order valence-electron chi connectivity index (χ0n) is 14.5. The van der Waals surface area contributed by atoms with Gasteiger partial charge in [-0.05, 0) is 29.3 Å². The fourth-order valence-corrected chi connectivity index (χ4v) is 4.43. The van der Waals surface area contributed by atoms with E-state index in [0.29, 0.717) is 32.3 Å². The first-order valence-electron chi connectivity index (χ1n) is 8.57. The van der Waals surface area contributed by atoms with E-state index in [1.165, 1.54) is 11.8 Å². The molecule has 1 aliphatic rings. The van der Waals surface area contributed by atoms with Gasteiger partial charge in [0.2, 0.25) is 5.91 Å². The van der Waals surface area contributed by atoms with Gasteiger partial charge in [0, 0.05) is 28.1 Å². The maximum Gasteiger partial charge on any atom is 0.257 e. The molecular formula is C20H15Cl2N3O2S. The van der Waals surface area contributed by atoms with Gasteiger partial charge >= 0.3 is 0 Å². The van der Waals surface area contributed by atoms with Crippen molar-refractivity contribution in [2.75, 3.05) is 5.32 Å². The van der Waals surface area contributed by atoms with Crippen molar-refractivity contribution < 1.29 is 4.79 Å². The molecule has 1 aromatic heterocycles. The molecule has 4 rings (SSSR count). The molecule has 3 aromatic rings. The molecule has 28 heavy (non-hydrogen) atoms. The smallest absolute Gasteiger partial charge is 0.257 e. The number of hydrogen-bond acceptors (Lipinski definition) is 4. The average molecular weight is 432 g/mol. The number of nitrogens with one attached hydrogen (secondary N) is 2. The van der Waals surface area contributed by atoms with Crippen LogP contribution in [0.2, 0.25) is 10.0 Å². The van der Waals surface area contributed by atoms with Crippen LogP contribution in [0.3, 0.4) is 0 Å². The number of thioether (sulfide) groups is 1. The quantitative estimate of drug-likeness (QED) is 0.457. The summed E-state index contributed by atoms with van der Waals surface area (Å²) in [6, 6.07) is 14.7. The van der Waals surface area contributed by atoms with Gasteiger partial charge in [-0.25, -0.2) is 4.98 Å². The van der Waals surface area contributed by atoms with Crippen LogP contribution in [0.25, 0.3) is 0 Å². The Morgan fingerprint density at radius 3 is 2.57 bits per heavy atom. The van der Waals surface area contributed by atoms with Crippen LogP contribution in [0.4, 0.5) is 5.82 Å². The lowest BCUT2D eigenvalue weighted by molar-refractivity contribution is -0.116. The van der Waals surface area contributed by atoms with Crippen LogP contribution in [-0.2, 0) is 10.5 Å². The Bertz CT molecular complexity index is 1100. The van der Waals surface area contributed by atoms with Gasteiger partial charge in [-0.1, -0.05) is 65.3 Å². The maximum atomic E-state index is 12.8. The average Bonchev–Trinajstić information content (AvgIpc) is 2.67. The molecular weight excluding hydrogens is 417 g/mol. The molecule has 0 saturated carbocycles. The Morgan fingerprint density at radius 1 is 1.07 bits per heavy atom. The molecule has 0 radical (unpaired) electrons. The third kappa shape index (κ3) is 3.94. The monoisotopic (exact) mass is 431 g/mol. The molecule has 0 fully saturated rings. The van der Waals surface area contributed by atoms with E-state index in [1.54, 1.807) is 12.1 Å². The van der Waals surface area contributed by atoms with Crippen molar-refractivity contribution in [1.29, 1.82) is 0 Å². The lowest BCUT2D eigenvalue weighted by Crippen LogP contribution is -2.31. The van der Waals surface area contributed by atoms with Crippen molar-refractivity contribution in [3.05, 3.63) is 85.6 Å². The second kappa shape index (κ2) is 7.99. The van der Waals surface area contributed by atoms with E-state index in [4.69, 9.17) is 23.2 Å². The molecule has 8 heteroatoms. The molecule has 0 aliphatic carbocycles. The number of nitrogens with zero attached hydrogens (tertiary/aromatic N) is 1. The van der Waals surface area contributed by atoms with Crippen LogP contribution in [0.15, 0.2) is 58.5 Å². The van der Waals surface area contributed by atoms with Crippen LogP contribution < -0.4 is 10.9 Å². The van der Waals surface area contributed by atoms with Gasteiger partial charge in [0.25, 0.3) is 5.56 Å². The number of hydrogen-bond donors (Lipinski definition) is 2. The largest absolute Gasteiger partial charge is 0.310 e. The Morgan fingerprint density at radius 2 is 1.82 bits per heavy atom. The summed E-state index contributed by atoms with van der Waals surface area (Å²) in [6.07, 6.45) is 0.186. The number of halogens is 2. The minimum Gasteiger partial charge on any atom is -0.310 e. The highest BCUT2D eigenvalue weighted by Crippen LogP contribution is 2.35. The van der Waals surface area contributed by atoms with Crippen LogP contribution >= 0.6 is 35.0 Å². The number of carbonyl (C=O) groups is 1. The molecule has 1 atom stereocenters. The van der Waals surface area contributed by atoms with Crippen molar-refractivity contribution in [3.63, 3.8) is 0 Å². The van der Waals surface area contributed by atoms with Gasteiger partial charge < -0.3 is 10.3 Å². The van der Waals surface area contributed by atoms with E-state index < -0.39 is 0 Å². The van der Waals surface area contributed by atoms with Crippen LogP contribution in [0, 0.1) is 0 Å². The van der Waals surface area contributed by atoms with Crippen LogP contribution in [0.1, 0.15) is 29.0 Å². The standard InChI is InChI=1S/C20H15Cl2N3O2S/c21-13-7-5-11(6-8-13)14-9-16(26)23-18-17(14)19(27)25-20(24-18)28-10-12-3-1-2-4-15(12)22/h1-8,14H,9-10H2,(H2,23,24,25,26,27). The first-order chi connectivity index (χ1) is 13.5. The third-order valence-corrected chi connectivity index (χ3v) is 6.07. The predicted molar refractivity (Wildman–Crippen MR) is 112 cm³/mol. The molecule has 0 spiro atoms. The maximum absolute atomic E-state index is 12.8. The SMILES string of the molecule is O=C1CC(c2ccc(Cl)cc2)c2c(nc(SCc3ccccc3Cl)[nH]c2=O)N1. The number of rotatable bonds is 4. The van der Waals surface area contributed by atoms with E-state index in [-0.39, 0.29) is 23.8 Å². The predicted octanol–water partition coefficient (Wildman–Crippen LogP) is 4.84. The van der Waals surface area contributed by atoms with Gasteiger partial charge in [-0.15, -0.1) is 0 Å². The number of H-pyrrole nitrogens is 1. The van der Waals surface area contributed by atoms with Crippen LogP contribution in [-0.4, -0.2) is 15.9 Å². The number of aromatic amines is 1. The second-order valence-electron chi connectivity index (χ2n) is 6.37. The highest BCUT2D eigenvalue weighted by atomic mass is 35.5. The van der Waals surface area contributed by atoms with Gasteiger partial charge in [0.15, 0.2) is 5.16 Å². The van der Waals surface area contributed by atoms with Crippen molar-refractivity contribution in [2.45, 2.75) is 23.2 Å². The molecule has 1 aliphatic heterocycles. The zero-order valence-corrected chi connectivity index (χ0v) is 16.9. The minimum atomic E-state index is -0.361. The van der Waals surface area contributed by atoms with E-state index in [9.17, 15) is 9.59 Å². The number of amides is 1. The lowest BCUT2D eigenvalue weighted by Gasteiger charge is -2.24. The summed E-state index contributed by atoms with van der Waals surface area (Å²) < 4.78 is 0. The number of aromatic nitrogens is 2. The highest BCUT2D eigenvalue weighted by molar-refractivity contribution is 7.98. The lowest BCUT2D eigenvalue weighted by atomic mass is 9.87. The number of benzene rings is 2. The summed E-state index contributed by atoms with van der Waals surface area (Å²) in [5, 5.41) is 4.42. The minimum absolute atomic E-state index is 0.174. The van der Waals surface area contributed by atoms with Crippen molar-refractivity contribution in [2.24, 2.45) is 0 Å². The van der Waals surface area contributed by atoms with Crippen molar-refractivity contribution in [1.82, 2.24) is 9.97 Å². The molecule has 2 N–H and O–H groups in total. The van der Waals surface area contributed by atoms with Gasteiger partial charge in [0.05, 0.1) is 5.56 Å². The summed E-state index contributed by atoms with van der Waals surface area (Å²) in [4.78, 5) is 32.3. The highest BCUT2D eigenvalue weighted by Gasteiger charge is 2.30. The van der Waals surface area contributed by atoms with Gasteiger partial charge in [0.1, 0.15) is 5.82 Å². The summed E-state index contributed by atoms with van der Waals surface area (Å²) >= 11 is 13.5. The number of carbonyl (C=O) groups excluding carboxylic acids is 1. The van der Waals surface area contributed by atoms with Gasteiger partial charge in [-0.3, -0.25) is 9.59 Å². The zero-order chi connectivity index (χ0) is 19.7. The summed E-state index contributed by atoms with van der Waals surface area (Å²) in [5.74, 6) is 0.324. The number of anilines is 1. The summed E-state index contributed by atoms with van der Waals surface area (Å²) in [5.41, 5.74) is 2.00. The van der Waals surface area contributed by atoms with E-state index >= 15 is 0 Å². The fourth-order valence-electron chi connectivity index (χ4n) is 3.16. The fraction of sp³-hybridized carbons (Fsp3) is 0.150. The topological polar surface area (TPSA) is 74.8 Å². The molecule has 1 amide bonds. The summed E-state index contributed by atoms with van der Waals surface area (Å²) in [6.45, 7) is 0. The molecule has 142 valence electrons. The molecule has 0 saturated heterocycles. The molecule has 2 heterocycles. The van der Waals surface area contributed by atoms with Gasteiger partial charge in [-0.2, -0.15) is 0 Å². The Kier molecular flexibility index (Phi) is 5.44. The first kappa shape index (κ1) is 19.1. The van der Waals surface area contributed by atoms with Crippen molar-refractivity contribution in [3.8, 4) is 0 Å². The molecule has 1 unspecified atom stereocenters. The Hall–Kier alpha value is -2.28. The normalized spacial score (nSPS) is 15.8. The first-order valence-corrected chi connectivity index (χ1v) is 10.3. The van der Waals surface area contributed by atoms with Crippen LogP contribution in [0.5, 0.6) is 0 Å². The van der Waals surface area contributed by atoms with Crippen molar-refractivity contribution >= 4 is 46.7 Å². The molecule has 5 nitrogen and oxygen atoms in total. The Balaban J connectivity index is 1.66. The van der Waals surface area contributed by atoms with E-state index in [0.717, 1.165) is 11.1 Å².